The molecule has 0 saturated carbocycles. The van der Waals surface area contributed by atoms with Gasteiger partial charge in [-0.1, -0.05) is 18.2 Å². The van der Waals surface area contributed by atoms with Crippen LogP contribution in [0.4, 0.5) is 15.9 Å². The third-order valence-electron chi connectivity index (χ3n) is 5.55. The minimum absolute atomic E-state index is 0.285. The highest BCUT2D eigenvalue weighted by molar-refractivity contribution is 6.04. The number of carbonyl (C=O) groups is 1. The molecule has 0 aliphatic carbocycles. The van der Waals surface area contributed by atoms with Gasteiger partial charge in [-0.25, -0.2) is 9.37 Å². The van der Waals surface area contributed by atoms with Gasteiger partial charge in [0, 0.05) is 57.7 Å². The number of rotatable bonds is 7. The SMILES string of the molecule is COc1ccccc1N1CCN(CCN(C(=O)c2ccccn2)c2cc(F)ccn2)CC1. The fraction of sp³-hybridized carbons (Fsp3) is 0.292. The molecule has 3 aromatic rings. The Hall–Kier alpha value is -3.52. The summed E-state index contributed by atoms with van der Waals surface area (Å²) in [5, 5.41) is 0. The molecule has 0 bridgehead atoms. The summed E-state index contributed by atoms with van der Waals surface area (Å²) in [6.07, 6.45) is 2.94. The highest BCUT2D eigenvalue weighted by Crippen LogP contribution is 2.28. The zero-order chi connectivity index (χ0) is 22.3. The minimum atomic E-state index is -0.431. The van der Waals surface area contributed by atoms with Crippen LogP contribution in [0.3, 0.4) is 0 Å². The van der Waals surface area contributed by atoms with E-state index in [9.17, 15) is 9.18 Å². The fourth-order valence-corrected chi connectivity index (χ4v) is 3.83. The number of anilines is 2. The quantitative estimate of drug-likeness (QED) is 0.568. The molecule has 7 nitrogen and oxygen atoms in total. The lowest BCUT2D eigenvalue weighted by Gasteiger charge is -2.37. The number of methoxy groups -OCH3 is 1. The number of amides is 1. The Balaban J connectivity index is 1.42. The molecule has 1 amide bonds. The zero-order valence-corrected chi connectivity index (χ0v) is 18.0. The number of pyridine rings is 2. The van der Waals surface area contributed by atoms with Crippen molar-refractivity contribution in [2.45, 2.75) is 0 Å². The predicted octanol–water partition coefficient (Wildman–Crippen LogP) is 3.09. The van der Waals surface area contributed by atoms with Gasteiger partial charge in [0.1, 0.15) is 23.1 Å². The van der Waals surface area contributed by atoms with Crippen LogP contribution in [-0.4, -0.2) is 67.2 Å². The smallest absolute Gasteiger partial charge is 0.278 e. The van der Waals surface area contributed by atoms with Crippen molar-refractivity contribution in [3.8, 4) is 5.75 Å². The Bertz CT molecular complexity index is 1040. The molecule has 1 fully saturated rings. The molecule has 1 aromatic carbocycles. The summed E-state index contributed by atoms with van der Waals surface area (Å²) in [6, 6.07) is 15.7. The van der Waals surface area contributed by atoms with E-state index >= 15 is 0 Å². The van der Waals surface area contributed by atoms with Crippen molar-refractivity contribution in [2.75, 3.05) is 56.2 Å². The molecule has 32 heavy (non-hydrogen) atoms. The van der Waals surface area contributed by atoms with Crippen molar-refractivity contribution in [1.82, 2.24) is 14.9 Å². The Morgan fingerprint density at radius 1 is 1.03 bits per heavy atom. The summed E-state index contributed by atoms with van der Waals surface area (Å²) in [6.45, 7) is 4.44. The summed E-state index contributed by atoms with van der Waals surface area (Å²) in [5.41, 5.74) is 1.39. The van der Waals surface area contributed by atoms with Crippen LogP contribution in [0.2, 0.25) is 0 Å². The summed E-state index contributed by atoms with van der Waals surface area (Å²) < 4.78 is 19.3. The van der Waals surface area contributed by atoms with Crippen LogP contribution in [0.15, 0.2) is 67.0 Å². The second kappa shape index (κ2) is 10.2. The molecule has 3 heterocycles. The number of piperazine rings is 1. The first-order valence-electron chi connectivity index (χ1n) is 10.6. The number of hydrogen-bond acceptors (Lipinski definition) is 6. The van der Waals surface area contributed by atoms with Gasteiger partial charge < -0.3 is 9.64 Å². The van der Waals surface area contributed by atoms with E-state index in [0.717, 1.165) is 37.6 Å². The van der Waals surface area contributed by atoms with Crippen molar-refractivity contribution in [3.63, 3.8) is 0 Å². The Morgan fingerprint density at radius 2 is 1.81 bits per heavy atom. The second-order valence-corrected chi connectivity index (χ2v) is 7.50. The molecule has 4 rings (SSSR count). The molecular formula is C24H26FN5O2. The molecule has 1 saturated heterocycles. The topological polar surface area (TPSA) is 61.8 Å². The minimum Gasteiger partial charge on any atom is -0.495 e. The average molecular weight is 436 g/mol. The van der Waals surface area contributed by atoms with E-state index in [1.54, 1.807) is 31.5 Å². The van der Waals surface area contributed by atoms with Crippen LogP contribution in [0.1, 0.15) is 10.5 Å². The van der Waals surface area contributed by atoms with E-state index in [1.165, 1.54) is 23.2 Å². The maximum atomic E-state index is 13.8. The van der Waals surface area contributed by atoms with Crippen LogP contribution in [0.25, 0.3) is 0 Å². The van der Waals surface area contributed by atoms with Crippen LogP contribution < -0.4 is 14.5 Å². The Labute approximate surface area is 187 Å². The van der Waals surface area contributed by atoms with E-state index in [-0.39, 0.29) is 11.7 Å². The van der Waals surface area contributed by atoms with Gasteiger partial charge in [0.15, 0.2) is 0 Å². The van der Waals surface area contributed by atoms with Gasteiger partial charge in [-0.05, 0) is 30.3 Å². The van der Waals surface area contributed by atoms with Crippen LogP contribution in [-0.2, 0) is 0 Å². The summed E-state index contributed by atoms with van der Waals surface area (Å²) in [7, 11) is 1.68. The summed E-state index contributed by atoms with van der Waals surface area (Å²) >= 11 is 0. The summed E-state index contributed by atoms with van der Waals surface area (Å²) in [5.74, 6) is 0.425. The first kappa shape index (κ1) is 21.7. The highest BCUT2D eigenvalue weighted by atomic mass is 19.1. The number of para-hydroxylation sites is 2. The van der Waals surface area contributed by atoms with Gasteiger partial charge in [0.2, 0.25) is 0 Å². The van der Waals surface area contributed by atoms with Crippen molar-refractivity contribution in [2.24, 2.45) is 0 Å². The summed E-state index contributed by atoms with van der Waals surface area (Å²) in [4.78, 5) is 27.6. The fourth-order valence-electron chi connectivity index (χ4n) is 3.83. The standard InChI is InChI=1S/C24H26FN5O2/c1-32-22-8-3-2-7-21(22)29-15-12-28(13-16-29)14-17-30(23-18-19(25)9-11-27-23)24(31)20-6-4-5-10-26-20/h2-11,18H,12-17H2,1H3. The lowest BCUT2D eigenvalue weighted by Crippen LogP contribution is -2.49. The number of nitrogens with zero attached hydrogens (tertiary/aromatic N) is 5. The number of ether oxygens (including phenoxy) is 1. The molecule has 0 radical (unpaired) electrons. The van der Waals surface area contributed by atoms with Gasteiger partial charge >= 0.3 is 0 Å². The van der Waals surface area contributed by atoms with Gasteiger partial charge in [0.25, 0.3) is 5.91 Å². The largest absolute Gasteiger partial charge is 0.495 e. The monoisotopic (exact) mass is 435 g/mol. The maximum Gasteiger partial charge on any atom is 0.278 e. The Morgan fingerprint density at radius 3 is 2.53 bits per heavy atom. The normalized spacial score (nSPS) is 14.2. The first-order chi connectivity index (χ1) is 15.7. The molecule has 0 spiro atoms. The molecule has 0 unspecified atom stereocenters. The number of aromatic nitrogens is 2. The lowest BCUT2D eigenvalue weighted by molar-refractivity contribution is 0.0977. The molecule has 1 aliphatic rings. The zero-order valence-electron chi connectivity index (χ0n) is 18.0. The highest BCUT2D eigenvalue weighted by Gasteiger charge is 2.24. The van der Waals surface area contributed by atoms with Gasteiger partial charge in [-0.15, -0.1) is 0 Å². The molecule has 2 aromatic heterocycles. The van der Waals surface area contributed by atoms with Crippen molar-refractivity contribution < 1.29 is 13.9 Å². The predicted molar refractivity (Wildman–Crippen MR) is 122 cm³/mol. The second-order valence-electron chi connectivity index (χ2n) is 7.50. The molecule has 8 heteroatoms. The number of carbonyl (C=O) groups excluding carboxylic acids is 1. The van der Waals surface area contributed by atoms with Crippen LogP contribution in [0, 0.1) is 5.82 Å². The third-order valence-corrected chi connectivity index (χ3v) is 5.55. The van der Waals surface area contributed by atoms with Crippen molar-refractivity contribution in [3.05, 3.63) is 78.5 Å². The number of benzene rings is 1. The lowest BCUT2D eigenvalue weighted by atomic mass is 10.2. The Kier molecular flexibility index (Phi) is 6.91. The molecule has 1 aliphatic heterocycles. The number of halogens is 1. The van der Waals surface area contributed by atoms with Crippen LogP contribution in [0.5, 0.6) is 5.75 Å². The van der Waals surface area contributed by atoms with E-state index in [0.29, 0.717) is 18.8 Å². The average Bonchev–Trinajstić information content (AvgIpc) is 2.85. The maximum absolute atomic E-state index is 13.8. The van der Waals surface area contributed by atoms with Crippen molar-refractivity contribution in [1.29, 1.82) is 0 Å². The molecular weight excluding hydrogens is 409 g/mol. The molecule has 166 valence electrons. The van der Waals surface area contributed by atoms with Gasteiger partial charge in [0.05, 0.1) is 12.8 Å². The van der Waals surface area contributed by atoms with E-state index in [4.69, 9.17) is 4.74 Å². The third kappa shape index (κ3) is 5.03. The molecule has 0 N–H and O–H groups in total. The van der Waals surface area contributed by atoms with E-state index < -0.39 is 5.82 Å². The first-order valence-corrected chi connectivity index (χ1v) is 10.6. The van der Waals surface area contributed by atoms with E-state index in [1.807, 2.05) is 18.2 Å². The molecule has 0 atom stereocenters. The number of hydrogen-bond donors (Lipinski definition) is 0. The van der Waals surface area contributed by atoms with Crippen molar-refractivity contribution >= 4 is 17.4 Å². The van der Waals surface area contributed by atoms with Gasteiger partial charge in [-0.2, -0.15) is 0 Å². The van der Waals surface area contributed by atoms with Gasteiger partial charge in [-0.3, -0.25) is 19.6 Å². The van der Waals surface area contributed by atoms with E-state index in [2.05, 4.69) is 25.8 Å². The van der Waals surface area contributed by atoms with Crippen LogP contribution >= 0.6 is 0 Å².